The van der Waals surface area contributed by atoms with Crippen LogP contribution in [-0.2, 0) is 9.53 Å². The quantitative estimate of drug-likeness (QED) is 0.517. The summed E-state index contributed by atoms with van der Waals surface area (Å²) >= 11 is 0. The maximum Gasteiger partial charge on any atom is 0.305 e. The van der Waals surface area contributed by atoms with E-state index in [9.17, 15) is 9.59 Å². The Balaban J connectivity index is 1.49. The van der Waals surface area contributed by atoms with Crippen LogP contribution in [0.15, 0.2) is 24.3 Å². The first-order valence-electron chi connectivity index (χ1n) is 10.0. The molecule has 6 heteroatoms. The normalized spacial score (nSPS) is 20.0. The van der Waals surface area contributed by atoms with Crippen LogP contribution in [0.1, 0.15) is 48.9 Å². The number of likely N-dealkylation sites (tertiary alicyclic amines) is 2. The number of ether oxygens (including phenoxy) is 2. The van der Waals surface area contributed by atoms with Crippen molar-refractivity contribution in [2.24, 2.45) is 0 Å². The van der Waals surface area contributed by atoms with Crippen LogP contribution >= 0.6 is 0 Å². The van der Waals surface area contributed by atoms with E-state index in [4.69, 9.17) is 4.74 Å². The second-order valence-corrected chi connectivity index (χ2v) is 7.35. The number of esters is 1. The van der Waals surface area contributed by atoms with Gasteiger partial charge in [0.2, 0.25) is 0 Å². The number of hydrogen-bond donors (Lipinski definition) is 0. The van der Waals surface area contributed by atoms with Crippen LogP contribution in [0.5, 0.6) is 5.75 Å². The zero-order valence-corrected chi connectivity index (χ0v) is 16.2. The lowest BCUT2D eigenvalue weighted by atomic mass is 10.1. The molecular weight excluding hydrogens is 344 g/mol. The summed E-state index contributed by atoms with van der Waals surface area (Å²) in [6, 6.07) is 7.67. The molecule has 2 aliphatic rings. The van der Waals surface area contributed by atoms with Crippen LogP contribution in [0.25, 0.3) is 0 Å². The van der Waals surface area contributed by atoms with Crippen LogP contribution in [0.3, 0.4) is 0 Å². The second kappa shape index (κ2) is 9.74. The summed E-state index contributed by atoms with van der Waals surface area (Å²) in [6.45, 7) is 4.64. The van der Waals surface area contributed by atoms with E-state index in [2.05, 4.69) is 9.64 Å². The van der Waals surface area contributed by atoms with Crippen molar-refractivity contribution in [1.29, 1.82) is 0 Å². The van der Waals surface area contributed by atoms with Gasteiger partial charge in [0.1, 0.15) is 5.75 Å². The van der Waals surface area contributed by atoms with Gasteiger partial charge in [-0.05, 0) is 69.5 Å². The number of methoxy groups -OCH3 is 1. The summed E-state index contributed by atoms with van der Waals surface area (Å²) in [5, 5.41) is 0. The smallest absolute Gasteiger partial charge is 0.305 e. The maximum absolute atomic E-state index is 12.9. The van der Waals surface area contributed by atoms with E-state index < -0.39 is 0 Å². The van der Waals surface area contributed by atoms with Gasteiger partial charge < -0.3 is 19.3 Å². The van der Waals surface area contributed by atoms with Crippen LogP contribution < -0.4 is 4.74 Å². The van der Waals surface area contributed by atoms with Gasteiger partial charge in [0.05, 0.1) is 13.7 Å². The van der Waals surface area contributed by atoms with E-state index in [1.807, 2.05) is 29.2 Å². The van der Waals surface area contributed by atoms with Crippen molar-refractivity contribution in [1.82, 2.24) is 9.80 Å². The van der Waals surface area contributed by atoms with Crippen LogP contribution in [0.4, 0.5) is 0 Å². The van der Waals surface area contributed by atoms with Gasteiger partial charge in [0.15, 0.2) is 0 Å². The molecule has 2 heterocycles. The average molecular weight is 374 g/mol. The molecule has 1 atom stereocenters. The number of rotatable bonds is 8. The first-order chi connectivity index (χ1) is 13.2. The Bertz CT molecular complexity index is 626. The van der Waals surface area contributed by atoms with Crippen LogP contribution in [0, 0.1) is 0 Å². The molecular formula is C21H30N2O4. The maximum atomic E-state index is 12.9. The fourth-order valence-corrected chi connectivity index (χ4v) is 3.92. The minimum absolute atomic E-state index is 0.119. The summed E-state index contributed by atoms with van der Waals surface area (Å²) < 4.78 is 10.2. The summed E-state index contributed by atoms with van der Waals surface area (Å²) in [4.78, 5) is 28.5. The lowest BCUT2D eigenvalue weighted by Crippen LogP contribution is -2.42. The number of benzene rings is 1. The number of hydrogen-bond acceptors (Lipinski definition) is 5. The van der Waals surface area contributed by atoms with Crippen molar-refractivity contribution in [3.8, 4) is 5.75 Å². The molecule has 1 unspecified atom stereocenters. The van der Waals surface area contributed by atoms with Crippen molar-refractivity contribution in [2.75, 3.05) is 39.9 Å². The van der Waals surface area contributed by atoms with Gasteiger partial charge in [-0.2, -0.15) is 0 Å². The highest BCUT2D eigenvalue weighted by Gasteiger charge is 2.31. The standard InChI is InChI=1S/C21H30N2O4/c1-26-20(24)7-5-15-27-19-10-8-17(9-11-19)21(25)23-14-4-6-18(23)16-22-12-2-3-13-22/h8-11,18H,2-7,12-16H2,1H3. The molecule has 3 rings (SSSR count). The SMILES string of the molecule is COC(=O)CCCOc1ccc(C(=O)N2CCCC2CN2CCCC2)cc1. The van der Waals surface area contributed by atoms with E-state index in [0.717, 1.165) is 25.9 Å². The molecule has 0 aliphatic carbocycles. The van der Waals surface area contributed by atoms with Gasteiger partial charge in [-0.3, -0.25) is 9.59 Å². The highest BCUT2D eigenvalue weighted by molar-refractivity contribution is 5.94. The fraction of sp³-hybridized carbons (Fsp3) is 0.619. The molecule has 0 bridgehead atoms. The van der Waals surface area contributed by atoms with Gasteiger partial charge in [-0.1, -0.05) is 0 Å². The Hall–Kier alpha value is -2.08. The minimum atomic E-state index is -0.228. The van der Waals surface area contributed by atoms with Gasteiger partial charge >= 0.3 is 5.97 Å². The molecule has 0 spiro atoms. The molecule has 2 fully saturated rings. The Labute approximate surface area is 161 Å². The molecule has 148 valence electrons. The van der Waals surface area contributed by atoms with Crippen molar-refractivity contribution in [2.45, 2.75) is 44.6 Å². The Morgan fingerprint density at radius 2 is 1.81 bits per heavy atom. The zero-order chi connectivity index (χ0) is 19.1. The van der Waals surface area contributed by atoms with E-state index in [0.29, 0.717) is 36.8 Å². The van der Waals surface area contributed by atoms with Crippen molar-refractivity contribution in [3.05, 3.63) is 29.8 Å². The van der Waals surface area contributed by atoms with Crippen LogP contribution in [0.2, 0.25) is 0 Å². The van der Waals surface area contributed by atoms with E-state index in [1.54, 1.807) is 0 Å². The van der Waals surface area contributed by atoms with Gasteiger partial charge in [-0.15, -0.1) is 0 Å². The first-order valence-corrected chi connectivity index (χ1v) is 10.0. The molecule has 0 radical (unpaired) electrons. The minimum Gasteiger partial charge on any atom is -0.494 e. The predicted molar refractivity (Wildman–Crippen MR) is 103 cm³/mol. The zero-order valence-electron chi connectivity index (χ0n) is 16.2. The van der Waals surface area contributed by atoms with Crippen molar-refractivity contribution >= 4 is 11.9 Å². The number of amides is 1. The van der Waals surface area contributed by atoms with E-state index >= 15 is 0 Å². The lowest BCUT2D eigenvalue weighted by molar-refractivity contribution is -0.140. The molecule has 1 amide bonds. The molecule has 0 N–H and O–H groups in total. The van der Waals surface area contributed by atoms with Crippen molar-refractivity contribution in [3.63, 3.8) is 0 Å². The summed E-state index contributed by atoms with van der Waals surface area (Å²) in [5.41, 5.74) is 0.713. The third kappa shape index (κ3) is 5.45. The third-order valence-electron chi connectivity index (χ3n) is 5.43. The van der Waals surface area contributed by atoms with Gasteiger partial charge in [-0.25, -0.2) is 0 Å². The monoisotopic (exact) mass is 374 g/mol. The Morgan fingerprint density at radius 1 is 1.07 bits per heavy atom. The molecule has 1 aromatic rings. The third-order valence-corrected chi connectivity index (χ3v) is 5.43. The molecule has 6 nitrogen and oxygen atoms in total. The van der Waals surface area contributed by atoms with E-state index in [1.165, 1.54) is 33.0 Å². The predicted octanol–water partition coefficient (Wildman–Crippen LogP) is 2.72. The van der Waals surface area contributed by atoms with Gasteiger partial charge in [0.25, 0.3) is 5.91 Å². The summed E-state index contributed by atoms with van der Waals surface area (Å²) in [5.74, 6) is 0.606. The lowest BCUT2D eigenvalue weighted by Gasteiger charge is -2.28. The molecule has 27 heavy (non-hydrogen) atoms. The summed E-state index contributed by atoms with van der Waals surface area (Å²) in [7, 11) is 1.38. The number of carbonyl (C=O) groups excluding carboxylic acids is 2. The Morgan fingerprint density at radius 3 is 2.52 bits per heavy atom. The van der Waals surface area contributed by atoms with Crippen molar-refractivity contribution < 1.29 is 19.1 Å². The second-order valence-electron chi connectivity index (χ2n) is 7.35. The highest BCUT2D eigenvalue weighted by atomic mass is 16.5. The first kappa shape index (κ1) is 19.7. The largest absolute Gasteiger partial charge is 0.494 e. The Kier molecular flexibility index (Phi) is 7.10. The molecule has 2 saturated heterocycles. The summed E-state index contributed by atoms with van der Waals surface area (Å²) in [6.07, 6.45) is 5.71. The van der Waals surface area contributed by atoms with Crippen LogP contribution in [-0.4, -0.2) is 67.6 Å². The molecule has 1 aromatic carbocycles. The molecule has 0 saturated carbocycles. The molecule has 2 aliphatic heterocycles. The van der Waals surface area contributed by atoms with Gasteiger partial charge in [0, 0.05) is 31.1 Å². The topological polar surface area (TPSA) is 59.1 Å². The number of nitrogens with zero attached hydrogens (tertiary/aromatic N) is 2. The number of carbonyl (C=O) groups is 2. The average Bonchev–Trinajstić information content (AvgIpc) is 3.37. The fourth-order valence-electron chi connectivity index (χ4n) is 3.92. The highest BCUT2D eigenvalue weighted by Crippen LogP contribution is 2.23. The van der Waals surface area contributed by atoms with E-state index in [-0.39, 0.29) is 11.9 Å². The molecule has 0 aromatic heterocycles.